The van der Waals surface area contributed by atoms with E-state index < -0.39 is 5.60 Å². The summed E-state index contributed by atoms with van der Waals surface area (Å²) >= 11 is 1.70. The molecule has 1 saturated heterocycles. The maximum Gasteiger partial charge on any atom is 0.129 e. The number of rotatable bonds is 1. The number of thioether (sulfide) groups is 1. The van der Waals surface area contributed by atoms with Crippen molar-refractivity contribution in [2.45, 2.75) is 38.0 Å². The Hall–Kier alpha value is -0.540. The maximum absolute atomic E-state index is 14.0. The van der Waals surface area contributed by atoms with E-state index >= 15 is 0 Å². The summed E-state index contributed by atoms with van der Waals surface area (Å²) < 4.78 is 14.0. The number of hydrogen-bond donors (Lipinski definition) is 1. The zero-order valence-electron chi connectivity index (χ0n) is 9.88. The maximum atomic E-state index is 14.0. The molecule has 2 unspecified atom stereocenters. The van der Waals surface area contributed by atoms with Gasteiger partial charge in [0.15, 0.2) is 0 Å². The summed E-state index contributed by atoms with van der Waals surface area (Å²) in [5, 5.41) is 10.9. The molecule has 1 aliphatic heterocycles. The zero-order chi connectivity index (χ0) is 11.9. The molecule has 0 aliphatic carbocycles. The highest BCUT2D eigenvalue weighted by molar-refractivity contribution is 8.00. The van der Waals surface area contributed by atoms with Crippen LogP contribution in [0.1, 0.15) is 30.0 Å². The third-order valence-corrected chi connectivity index (χ3v) is 4.51. The third kappa shape index (κ3) is 1.98. The van der Waals surface area contributed by atoms with Crippen molar-refractivity contribution in [3.8, 4) is 0 Å². The molecule has 0 spiro atoms. The van der Waals surface area contributed by atoms with Gasteiger partial charge in [0.05, 0.1) is 0 Å². The minimum Gasteiger partial charge on any atom is -0.384 e. The second kappa shape index (κ2) is 4.04. The lowest BCUT2D eigenvalue weighted by molar-refractivity contribution is 0.0567. The molecule has 0 saturated carbocycles. The Bertz CT molecular complexity index is 395. The summed E-state index contributed by atoms with van der Waals surface area (Å²) in [4.78, 5) is 0. The van der Waals surface area contributed by atoms with Gasteiger partial charge >= 0.3 is 0 Å². The van der Waals surface area contributed by atoms with Crippen LogP contribution in [0.5, 0.6) is 0 Å². The largest absolute Gasteiger partial charge is 0.384 e. The first kappa shape index (κ1) is 11.9. The van der Waals surface area contributed by atoms with Gasteiger partial charge in [-0.3, -0.25) is 0 Å². The Kier molecular flexibility index (Phi) is 3.01. The normalized spacial score (nSPS) is 29.7. The second-order valence-electron chi connectivity index (χ2n) is 4.80. The van der Waals surface area contributed by atoms with Gasteiger partial charge in [-0.2, -0.15) is 11.8 Å². The molecule has 88 valence electrons. The van der Waals surface area contributed by atoms with Crippen molar-refractivity contribution in [1.29, 1.82) is 0 Å². The van der Waals surface area contributed by atoms with E-state index in [-0.39, 0.29) is 5.82 Å². The first-order chi connectivity index (χ1) is 7.42. The van der Waals surface area contributed by atoms with Crippen molar-refractivity contribution < 1.29 is 9.50 Å². The van der Waals surface area contributed by atoms with Gasteiger partial charge in [-0.25, -0.2) is 4.39 Å². The van der Waals surface area contributed by atoms with Crippen molar-refractivity contribution in [3.05, 3.63) is 34.6 Å². The van der Waals surface area contributed by atoms with E-state index in [4.69, 9.17) is 0 Å². The first-order valence-corrected chi connectivity index (χ1v) is 6.58. The molecule has 0 bridgehead atoms. The summed E-state index contributed by atoms with van der Waals surface area (Å²) in [6.07, 6.45) is 0.637. The fourth-order valence-corrected chi connectivity index (χ4v) is 3.77. The fraction of sp³-hybridized carbons (Fsp3) is 0.538. The molecule has 0 aromatic heterocycles. The lowest BCUT2D eigenvalue weighted by atomic mass is 9.87. The Morgan fingerprint density at radius 3 is 2.62 bits per heavy atom. The SMILES string of the molecule is Cc1cc(C)c(C2(O)CSC(C)C2)c(F)c1. The predicted molar refractivity (Wildman–Crippen MR) is 66.3 cm³/mol. The molecule has 2 rings (SSSR count). The lowest BCUT2D eigenvalue weighted by Crippen LogP contribution is -2.28. The molecular formula is C13H17FOS. The topological polar surface area (TPSA) is 20.2 Å². The molecule has 1 fully saturated rings. The van der Waals surface area contributed by atoms with Crippen LogP contribution in [0, 0.1) is 19.7 Å². The van der Waals surface area contributed by atoms with Crippen molar-refractivity contribution in [3.63, 3.8) is 0 Å². The van der Waals surface area contributed by atoms with Crippen LogP contribution in [0.15, 0.2) is 12.1 Å². The number of aryl methyl sites for hydroxylation is 2. The van der Waals surface area contributed by atoms with Crippen LogP contribution >= 0.6 is 11.8 Å². The van der Waals surface area contributed by atoms with Crippen LogP contribution in [0.25, 0.3) is 0 Å². The average molecular weight is 240 g/mol. The van der Waals surface area contributed by atoms with Crippen molar-refractivity contribution in [2.75, 3.05) is 5.75 Å². The van der Waals surface area contributed by atoms with E-state index in [0.29, 0.717) is 23.0 Å². The molecule has 16 heavy (non-hydrogen) atoms. The second-order valence-corrected chi connectivity index (χ2v) is 6.22. The molecule has 0 amide bonds. The average Bonchev–Trinajstić information content (AvgIpc) is 2.44. The number of benzene rings is 1. The van der Waals surface area contributed by atoms with Crippen LogP contribution in [-0.2, 0) is 5.60 Å². The standard InChI is InChI=1S/C13H17FOS/c1-8-4-9(2)12(11(14)5-8)13(15)6-10(3)16-7-13/h4-5,10,15H,6-7H2,1-3H3. The van der Waals surface area contributed by atoms with E-state index in [0.717, 1.165) is 11.1 Å². The highest BCUT2D eigenvalue weighted by Gasteiger charge is 2.40. The van der Waals surface area contributed by atoms with Gasteiger partial charge < -0.3 is 5.11 Å². The van der Waals surface area contributed by atoms with Crippen LogP contribution < -0.4 is 0 Å². The summed E-state index contributed by atoms with van der Waals surface area (Å²) in [5.41, 5.74) is 1.28. The van der Waals surface area contributed by atoms with Crippen LogP contribution in [0.4, 0.5) is 4.39 Å². The molecule has 0 radical (unpaired) electrons. The molecule has 1 aliphatic rings. The molecule has 2 atom stereocenters. The van der Waals surface area contributed by atoms with E-state index in [1.807, 2.05) is 19.9 Å². The molecule has 1 nitrogen and oxygen atoms in total. The van der Waals surface area contributed by atoms with Crippen LogP contribution in [-0.4, -0.2) is 16.1 Å². The predicted octanol–water partition coefficient (Wildman–Crippen LogP) is 3.16. The first-order valence-electron chi connectivity index (χ1n) is 5.53. The molecule has 1 aromatic carbocycles. The lowest BCUT2D eigenvalue weighted by Gasteiger charge is -2.25. The molecule has 1 aromatic rings. The minimum absolute atomic E-state index is 0.269. The van der Waals surface area contributed by atoms with Crippen LogP contribution in [0.3, 0.4) is 0 Å². The Labute approximate surface area is 100 Å². The quantitative estimate of drug-likeness (QED) is 0.813. The van der Waals surface area contributed by atoms with Gasteiger partial charge in [0.1, 0.15) is 11.4 Å². The van der Waals surface area contributed by atoms with E-state index in [9.17, 15) is 9.50 Å². The highest BCUT2D eigenvalue weighted by atomic mass is 32.2. The fourth-order valence-electron chi connectivity index (χ4n) is 2.55. The van der Waals surface area contributed by atoms with Gasteiger partial charge in [0, 0.05) is 16.6 Å². The summed E-state index contributed by atoms with van der Waals surface area (Å²) in [5.74, 6) is 0.323. The summed E-state index contributed by atoms with van der Waals surface area (Å²) in [6.45, 7) is 5.82. The molecule has 1 heterocycles. The van der Waals surface area contributed by atoms with E-state index in [1.54, 1.807) is 11.8 Å². The highest BCUT2D eigenvalue weighted by Crippen LogP contribution is 2.43. The minimum atomic E-state index is -0.980. The monoisotopic (exact) mass is 240 g/mol. The van der Waals surface area contributed by atoms with Gasteiger partial charge in [0.2, 0.25) is 0 Å². The van der Waals surface area contributed by atoms with Gasteiger partial charge in [-0.15, -0.1) is 0 Å². The molecule has 1 N–H and O–H groups in total. The van der Waals surface area contributed by atoms with Crippen molar-refractivity contribution in [1.82, 2.24) is 0 Å². The van der Waals surface area contributed by atoms with E-state index in [1.165, 1.54) is 6.07 Å². The van der Waals surface area contributed by atoms with Crippen molar-refractivity contribution >= 4 is 11.8 Å². The Morgan fingerprint density at radius 1 is 1.44 bits per heavy atom. The van der Waals surface area contributed by atoms with E-state index in [2.05, 4.69) is 6.92 Å². The van der Waals surface area contributed by atoms with Gasteiger partial charge in [0.25, 0.3) is 0 Å². The Morgan fingerprint density at radius 2 is 2.12 bits per heavy atom. The zero-order valence-corrected chi connectivity index (χ0v) is 10.7. The van der Waals surface area contributed by atoms with Gasteiger partial charge in [-0.05, 0) is 37.5 Å². The van der Waals surface area contributed by atoms with Crippen molar-refractivity contribution in [2.24, 2.45) is 0 Å². The van der Waals surface area contributed by atoms with Crippen LogP contribution in [0.2, 0.25) is 0 Å². The third-order valence-electron chi connectivity index (χ3n) is 3.13. The molecule has 3 heteroatoms. The number of aliphatic hydroxyl groups is 1. The Balaban J connectivity index is 2.48. The summed E-state index contributed by atoms with van der Waals surface area (Å²) in [7, 11) is 0. The smallest absolute Gasteiger partial charge is 0.129 e. The van der Waals surface area contributed by atoms with Gasteiger partial charge in [-0.1, -0.05) is 13.0 Å². The molecular weight excluding hydrogens is 223 g/mol. The number of hydrogen-bond acceptors (Lipinski definition) is 2. The summed E-state index contributed by atoms with van der Waals surface area (Å²) in [6, 6.07) is 3.44. The number of halogens is 1.